The van der Waals surface area contributed by atoms with Gasteiger partial charge in [0, 0.05) is 6.04 Å². The predicted molar refractivity (Wildman–Crippen MR) is 32.6 cm³/mol. The zero-order chi connectivity index (χ0) is 6.15. The third-order valence-electron chi connectivity index (χ3n) is 1.62. The van der Waals surface area contributed by atoms with Crippen molar-refractivity contribution in [3.05, 3.63) is 0 Å². The van der Waals surface area contributed by atoms with Gasteiger partial charge in [-0.3, -0.25) is 5.32 Å². The van der Waals surface area contributed by atoms with Crippen LogP contribution in [-0.2, 0) is 4.74 Å². The van der Waals surface area contributed by atoms with Crippen molar-refractivity contribution in [1.82, 2.24) is 5.32 Å². The van der Waals surface area contributed by atoms with Crippen LogP contribution < -0.4 is 5.32 Å². The lowest BCUT2D eigenvalue weighted by Gasteiger charge is -2.03. The van der Waals surface area contributed by atoms with E-state index in [1.807, 2.05) is 6.92 Å². The van der Waals surface area contributed by atoms with E-state index in [1.54, 1.807) is 0 Å². The molecule has 1 aliphatic heterocycles. The zero-order valence-electron chi connectivity index (χ0n) is 5.64. The van der Waals surface area contributed by atoms with Crippen LogP contribution in [0.25, 0.3) is 0 Å². The fraction of sp³-hybridized carbons (Fsp3) is 1.00. The van der Waals surface area contributed by atoms with Crippen LogP contribution in [0.2, 0.25) is 0 Å². The summed E-state index contributed by atoms with van der Waals surface area (Å²) in [6.45, 7) is 6.25. The van der Waals surface area contributed by atoms with Gasteiger partial charge in [-0.15, -0.1) is 0 Å². The van der Waals surface area contributed by atoms with Crippen LogP contribution in [0.1, 0.15) is 20.8 Å². The summed E-state index contributed by atoms with van der Waals surface area (Å²) in [7, 11) is 0. The summed E-state index contributed by atoms with van der Waals surface area (Å²) in [6.07, 6.45) is 0.630. The Morgan fingerprint density at radius 1 is 1.25 bits per heavy atom. The molecule has 0 aliphatic carbocycles. The highest BCUT2D eigenvalue weighted by Crippen LogP contribution is 2.09. The molecular formula is C6H13NO. The molecule has 0 aromatic heterocycles. The van der Waals surface area contributed by atoms with Gasteiger partial charge >= 0.3 is 0 Å². The topological polar surface area (TPSA) is 21.3 Å². The van der Waals surface area contributed by atoms with E-state index in [0.717, 1.165) is 0 Å². The van der Waals surface area contributed by atoms with Gasteiger partial charge in [0.25, 0.3) is 0 Å². The lowest BCUT2D eigenvalue weighted by Crippen LogP contribution is -2.27. The first-order chi connectivity index (χ1) is 3.70. The van der Waals surface area contributed by atoms with Gasteiger partial charge in [-0.2, -0.15) is 0 Å². The maximum absolute atomic E-state index is 5.36. The van der Waals surface area contributed by atoms with Gasteiger partial charge in [-0.05, 0) is 20.8 Å². The minimum Gasteiger partial charge on any atom is -0.359 e. The molecule has 2 nitrogen and oxygen atoms in total. The number of nitrogens with one attached hydrogen (secondary N) is 1. The standard InChI is InChI=1S/C6H13NO/c1-4-5(2)8-6(3)7-4/h4-7H,1-3H3. The van der Waals surface area contributed by atoms with Crippen molar-refractivity contribution in [2.24, 2.45) is 0 Å². The molecule has 0 radical (unpaired) electrons. The molecule has 0 aromatic carbocycles. The average Bonchev–Trinajstić information content (AvgIpc) is 1.85. The number of hydrogen-bond donors (Lipinski definition) is 1. The first-order valence-corrected chi connectivity index (χ1v) is 3.11. The summed E-state index contributed by atoms with van der Waals surface area (Å²) in [5.41, 5.74) is 0. The van der Waals surface area contributed by atoms with E-state index in [2.05, 4.69) is 19.2 Å². The monoisotopic (exact) mass is 115 g/mol. The minimum absolute atomic E-state index is 0.250. The molecule has 1 rings (SSSR count). The summed E-state index contributed by atoms with van der Waals surface area (Å²) in [5, 5.41) is 3.24. The zero-order valence-corrected chi connectivity index (χ0v) is 5.64. The number of rotatable bonds is 0. The van der Waals surface area contributed by atoms with Gasteiger partial charge in [0.2, 0.25) is 0 Å². The third kappa shape index (κ3) is 1.01. The van der Waals surface area contributed by atoms with Crippen molar-refractivity contribution in [2.75, 3.05) is 0 Å². The van der Waals surface area contributed by atoms with Crippen LogP contribution in [0.3, 0.4) is 0 Å². The van der Waals surface area contributed by atoms with E-state index in [-0.39, 0.29) is 6.23 Å². The number of hydrogen-bond acceptors (Lipinski definition) is 2. The summed E-state index contributed by atoms with van der Waals surface area (Å²) < 4.78 is 5.36. The lowest BCUT2D eigenvalue weighted by molar-refractivity contribution is 0.0597. The van der Waals surface area contributed by atoms with Crippen LogP contribution in [0.5, 0.6) is 0 Å². The Bertz CT molecular complexity index is 74.6. The van der Waals surface area contributed by atoms with E-state index in [9.17, 15) is 0 Å². The van der Waals surface area contributed by atoms with E-state index in [0.29, 0.717) is 12.1 Å². The van der Waals surface area contributed by atoms with Gasteiger partial charge < -0.3 is 4.74 Å². The van der Waals surface area contributed by atoms with Crippen molar-refractivity contribution in [3.8, 4) is 0 Å². The molecule has 1 fully saturated rings. The van der Waals surface area contributed by atoms with Gasteiger partial charge in [0.05, 0.1) is 6.10 Å². The maximum Gasteiger partial charge on any atom is 0.106 e. The molecule has 3 atom stereocenters. The Balaban J connectivity index is 2.39. The van der Waals surface area contributed by atoms with Gasteiger partial charge in [0.1, 0.15) is 6.23 Å². The van der Waals surface area contributed by atoms with Crippen LogP contribution in [0.4, 0.5) is 0 Å². The summed E-state index contributed by atoms with van der Waals surface area (Å²) in [4.78, 5) is 0. The predicted octanol–water partition coefficient (Wildman–Crippen LogP) is 0.729. The quantitative estimate of drug-likeness (QED) is 0.502. The van der Waals surface area contributed by atoms with Crippen LogP contribution in [-0.4, -0.2) is 18.4 Å². The second-order valence-corrected chi connectivity index (χ2v) is 2.44. The second kappa shape index (κ2) is 2.03. The van der Waals surface area contributed by atoms with E-state index in [4.69, 9.17) is 4.74 Å². The highest BCUT2D eigenvalue weighted by molar-refractivity contribution is 4.75. The van der Waals surface area contributed by atoms with Crippen LogP contribution in [0.15, 0.2) is 0 Å². The third-order valence-corrected chi connectivity index (χ3v) is 1.62. The fourth-order valence-corrected chi connectivity index (χ4v) is 0.985. The molecule has 0 spiro atoms. The van der Waals surface area contributed by atoms with Gasteiger partial charge in [-0.25, -0.2) is 0 Å². The molecule has 3 unspecified atom stereocenters. The Labute approximate surface area is 50.2 Å². The van der Waals surface area contributed by atoms with Crippen molar-refractivity contribution in [1.29, 1.82) is 0 Å². The molecule has 8 heavy (non-hydrogen) atoms. The molecule has 1 heterocycles. The fourth-order valence-electron chi connectivity index (χ4n) is 0.985. The average molecular weight is 115 g/mol. The van der Waals surface area contributed by atoms with Crippen molar-refractivity contribution >= 4 is 0 Å². The Morgan fingerprint density at radius 2 is 1.88 bits per heavy atom. The molecule has 0 bridgehead atoms. The highest BCUT2D eigenvalue weighted by Gasteiger charge is 2.23. The molecule has 1 saturated heterocycles. The second-order valence-electron chi connectivity index (χ2n) is 2.44. The molecule has 1 N–H and O–H groups in total. The Kier molecular flexibility index (Phi) is 1.54. The van der Waals surface area contributed by atoms with Crippen molar-refractivity contribution < 1.29 is 4.74 Å². The Hall–Kier alpha value is -0.0800. The van der Waals surface area contributed by atoms with E-state index in [1.165, 1.54) is 0 Å². The molecule has 0 saturated carbocycles. The largest absolute Gasteiger partial charge is 0.359 e. The normalized spacial score (nSPS) is 47.6. The molecule has 48 valence electrons. The minimum atomic E-state index is 0.250. The Morgan fingerprint density at radius 3 is 2.00 bits per heavy atom. The van der Waals surface area contributed by atoms with Crippen molar-refractivity contribution in [2.45, 2.75) is 39.1 Å². The van der Waals surface area contributed by atoms with E-state index >= 15 is 0 Å². The van der Waals surface area contributed by atoms with Crippen LogP contribution >= 0.6 is 0 Å². The molecule has 0 amide bonds. The lowest BCUT2D eigenvalue weighted by atomic mass is 10.2. The maximum atomic E-state index is 5.36. The van der Waals surface area contributed by atoms with E-state index < -0.39 is 0 Å². The van der Waals surface area contributed by atoms with Crippen LogP contribution in [0, 0.1) is 0 Å². The summed E-state index contributed by atoms with van der Waals surface area (Å²) >= 11 is 0. The molecule has 2 heteroatoms. The van der Waals surface area contributed by atoms with Crippen molar-refractivity contribution in [3.63, 3.8) is 0 Å². The first-order valence-electron chi connectivity index (χ1n) is 3.11. The first kappa shape index (κ1) is 6.05. The SMILES string of the molecule is CC1NC(C)C(C)O1. The smallest absolute Gasteiger partial charge is 0.106 e. The molecule has 1 aliphatic rings. The summed E-state index contributed by atoms with van der Waals surface area (Å²) in [6, 6.07) is 0.519. The highest BCUT2D eigenvalue weighted by atomic mass is 16.5. The summed E-state index contributed by atoms with van der Waals surface area (Å²) in [5.74, 6) is 0. The molecule has 0 aromatic rings. The van der Waals surface area contributed by atoms with Gasteiger partial charge in [-0.1, -0.05) is 0 Å². The molecular weight excluding hydrogens is 102 g/mol. The number of ether oxygens (including phenoxy) is 1. The van der Waals surface area contributed by atoms with Gasteiger partial charge in [0.15, 0.2) is 0 Å².